The average Bonchev–Trinajstić information content (AvgIpc) is 3.82. The second kappa shape index (κ2) is 12.1. The summed E-state index contributed by atoms with van der Waals surface area (Å²) in [5.41, 5.74) is 10.3. The normalized spacial score (nSPS) is 11.7. The fourth-order valence-corrected chi connectivity index (χ4v) is 7.76. The number of pyridine rings is 1. The molecule has 252 valence electrons. The number of fused-ring (bicyclic) bond motifs is 7. The molecular weight excluding hydrogens is 665 g/mol. The van der Waals surface area contributed by atoms with Gasteiger partial charge in [-0.3, -0.25) is 0 Å². The third-order valence-electron chi connectivity index (χ3n) is 10.3. The van der Waals surface area contributed by atoms with E-state index in [1.165, 1.54) is 16.3 Å². The largest absolute Gasteiger partial charge is 0.456 e. The van der Waals surface area contributed by atoms with Crippen LogP contribution in [0.15, 0.2) is 179 Å². The van der Waals surface area contributed by atoms with Crippen molar-refractivity contribution in [2.45, 2.75) is 0 Å². The highest BCUT2D eigenvalue weighted by Gasteiger charge is 2.19. The predicted octanol–water partition coefficient (Wildman–Crippen LogP) is 12.6. The lowest BCUT2D eigenvalue weighted by Crippen LogP contribution is -2.00. The Morgan fingerprint density at radius 1 is 0.315 bits per heavy atom. The maximum atomic E-state index is 6.24. The molecule has 0 saturated carbocycles. The summed E-state index contributed by atoms with van der Waals surface area (Å²) < 4.78 is 12.4. The van der Waals surface area contributed by atoms with Crippen molar-refractivity contribution in [2.75, 3.05) is 0 Å². The van der Waals surface area contributed by atoms with Crippen molar-refractivity contribution in [1.29, 1.82) is 0 Å². The third kappa shape index (κ3) is 4.81. The SMILES string of the molecule is c1ccc(-c2nc(-c3ccc(-c4ccc(-c5cccc6oc7ccccc7c56)c5ccccc45)cc3)nc(-c3ccnc4oc5ccccc5c34)n2)cc1. The molecule has 0 radical (unpaired) electrons. The van der Waals surface area contributed by atoms with Gasteiger partial charge in [0, 0.05) is 39.0 Å². The molecule has 4 aromatic heterocycles. The Bertz CT molecular complexity index is 3220. The fraction of sp³-hybridized carbons (Fsp3) is 0. The average molecular weight is 693 g/mol. The maximum Gasteiger partial charge on any atom is 0.228 e. The lowest BCUT2D eigenvalue weighted by Gasteiger charge is -2.13. The Hall–Kier alpha value is -7.44. The Balaban J connectivity index is 1.04. The highest BCUT2D eigenvalue weighted by Crippen LogP contribution is 2.42. The van der Waals surface area contributed by atoms with Gasteiger partial charge in [-0.05, 0) is 57.3 Å². The summed E-state index contributed by atoms with van der Waals surface area (Å²) in [4.78, 5) is 19.6. The molecule has 0 fully saturated rings. The van der Waals surface area contributed by atoms with E-state index >= 15 is 0 Å². The molecule has 0 atom stereocenters. The molecule has 0 spiro atoms. The van der Waals surface area contributed by atoms with Crippen LogP contribution in [0, 0.1) is 0 Å². The van der Waals surface area contributed by atoms with E-state index < -0.39 is 0 Å². The molecule has 0 aliphatic heterocycles. The highest BCUT2D eigenvalue weighted by atomic mass is 16.3. The summed E-state index contributed by atoms with van der Waals surface area (Å²) in [6, 6.07) is 56.1. The van der Waals surface area contributed by atoms with Gasteiger partial charge in [0.15, 0.2) is 17.5 Å². The molecule has 54 heavy (non-hydrogen) atoms. The van der Waals surface area contributed by atoms with Gasteiger partial charge in [0.05, 0.1) is 5.39 Å². The highest BCUT2D eigenvalue weighted by molar-refractivity contribution is 6.16. The summed E-state index contributed by atoms with van der Waals surface area (Å²) in [7, 11) is 0. The van der Waals surface area contributed by atoms with Gasteiger partial charge < -0.3 is 8.83 Å². The van der Waals surface area contributed by atoms with Gasteiger partial charge in [-0.2, -0.15) is 0 Å². The smallest absolute Gasteiger partial charge is 0.228 e. The van der Waals surface area contributed by atoms with Gasteiger partial charge >= 0.3 is 0 Å². The molecular formula is C48H28N4O2. The molecule has 0 N–H and O–H groups in total. The van der Waals surface area contributed by atoms with E-state index in [0.717, 1.165) is 71.7 Å². The molecule has 0 amide bonds. The Labute approximate surface area is 309 Å². The lowest BCUT2D eigenvalue weighted by molar-refractivity contribution is 0.654. The molecule has 11 aromatic rings. The van der Waals surface area contributed by atoms with Crippen LogP contribution in [0.2, 0.25) is 0 Å². The van der Waals surface area contributed by atoms with Gasteiger partial charge in [0.25, 0.3) is 0 Å². The lowest BCUT2D eigenvalue weighted by atomic mass is 9.90. The molecule has 6 heteroatoms. The molecule has 0 saturated heterocycles. The van der Waals surface area contributed by atoms with Crippen LogP contribution < -0.4 is 0 Å². The Kier molecular flexibility index (Phi) is 6.75. The zero-order chi connectivity index (χ0) is 35.6. The van der Waals surface area contributed by atoms with Crippen LogP contribution in [-0.4, -0.2) is 19.9 Å². The van der Waals surface area contributed by atoms with Crippen LogP contribution in [-0.2, 0) is 0 Å². The molecule has 6 nitrogen and oxygen atoms in total. The molecule has 11 rings (SSSR count). The van der Waals surface area contributed by atoms with Crippen molar-refractivity contribution in [1.82, 2.24) is 19.9 Å². The van der Waals surface area contributed by atoms with E-state index in [1.807, 2.05) is 78.9 Å². The zero-order valence-corrected chi connectivity index (χ0v) is 28.8. The first-order chi connectivity index (χ1) is 26.8. The first kappa shape index (κ1) is 30.2. The van der Waals surface area contributed by atoms with Crippen LogP contribution in [0.1, 0.15) is 0 Å². The minimum Gasteiger partial charge on any atom is -0.456 e. The Morgan fingerprint density at radius 3 is 1.63 bits per heavy atom. The van der Waals surface area contributed by atoms with Crippen LogP contribution >= 0.6 is 0 Å². The number of para-hydroxylation sites is 2. The summed E-state index contributed by atoms with van der Waals surface area (Å²) >= 11 is 0. The fourth-order valence-electron chi connectivity index (χ4n) is 7.76. The maximum absolute atomic E-state index is 6.24. The van der Waals surface area contributed by atoms with Crippen LogP contribution in [0.4, 0.5) is 0 Å². The van der Waals surface area contributed by atoms with Gasteiger partial charge in [0.1, 0.15) is 16.7 Å². The van der Waals surface area contributed by atoms with Gasteiger partial charge in [0.2, 0.25) is 5.71 Å². The van der Waals surface area contributed by atoms with E-state index in [4.69, 9.17) is 23.8 Å². The summed E-state index contributed by atoms with van der Waals surface area (Å²) in [6.07, 6.45) is 1.74. The predicted molar refractivity (Wildman–Crippen MR) is 217 cm³/mol. The van der Waals surface area contributed by atoms with Crippen molar-refractivity contribution in [3.63, 3.8) is 0 Å². The standard InChI is InChI=1S/C48H28N4O2/c1-2-11-30(12-3-1)45-50-46(52-47(51-45)39-27-28-49-48-44(39)38-16-7-9-19-41(38)54-48)31-23-21-29(22-24-31)32-25-26-35(34-14-5-4-13-33(32)34)36-17-10-20-42-43(36)37-15-6-8-18-40(37)53-42/h1-28H. The number of benzene rings is 7. The monoisotopic (exact) mass is 692 g/mol. The topological polar surface area (TPSA) is 77.8 Å². The van der Waals surface area contributed by atoms with E-state index in [1.54, 1.807) is 6.20 Å². The summed E-state index contributed by atoms with van der Waals surface area (Å²) in [5, 5.41) is 6.46. The van der Waals surface area contributed by atoms with Gasteiger partial charge in [-0.1, -0.05) is 140 Å². The first-order valence-corrected chi connectivity index (χ1v) is 17.9. The minimum absolute atomic E-state index is 0.550. The van der Waals surface area contributed by atoms with E-state index in [-0.39, 0.29) is 0 Å². The summed E-state index contributed by atoms with van der Waals surface area (Å²) in [6.45, 7) is 0. The number of aromatic nitrogens is 4. The second-order valence-corrected chi connectivity index (χ2v) is 13.4. The first-order valence-electron chi connectivity index (χ1n) is 17.9. The number of nitrogens with zero attached hydrogens (tertiary/aromatic N) is 4. The zero-order valence-electron chi connectivity index (χ0n) is 28.8. The molecule has 0 bridgehead atoms. The molecule has 7 aromatic carbocycles. The van der Waals surface area contributed by atoms with Crippen molar-refractivity contribution >= 4 is 54.8 Å². The molecule has 4 heterocycles. The van der Waals surface area contributed by atoms with Crippen molar-refractivity contribution in [2.24, 2.45) is 0 Å². The summed E-state index contributed by atoms with van der Waals surface area (Å²) in [5.74, 6) is 1.74. The van der Waals surface area contributed by atoms with Crippen LogP contribution in [0.25, 0.3) is 111 Å². The third-order valence-corrected chi connectivity index (χ3v) is 10.3. The molecule has 0 aliphatic carbocycles. The number of rotatable bonds is 5. The number of furan rings is 2. The number of hydrogen-bond acceptors (Lipinski definition) is 6. The molecule has 0 aliphatic rings. The van der Waals surface area contributed by atoms with E-state index in [2.05, 4.69) is 89.9 Å². The van der Waals surface area contributed by atoms with Gasteiger partial charge in [-0.15, -0.1) is 0 Å². The van der Waals surface area contributed by atoms with Crippen LogP contribution in [0.5, 0.6) is 0 Å². The van der Waals surface area contributed by atoms with Crippen molar-refractivity contribution in [3.05, 3.63) is 170 Å². The van der Waals surface area contributed by atoms with Crippen LogP contribution in [0.3, 0.4) is 0 Å². The minimum atomic E-state index is 0.550. The van der Waals surface area contributed by atoms with E-state index in [9.17, 15) is 0 Å². The molecule has 0 unspecified atom stereocenters. The van der Waals surface area contributed by atoms with Crippen molar-refractivity contribution in [3.8, 4) is 56.4 Å². The van der Waals surface area contributed by atoms with E-state index in [0.29, 0.717) is 23.2 Å². The number of hydrogen-bond donors (Lipinski definition) is 0. The van der Waals surface area contributed by atoms with Gasteiger partial charge in [-0.25, -0.2) is 19.9 Å². The Morgan fingerprint density at radius 2 is 0.870 bits per heavy atom. The second-order valence-electron chi connectivity index (χ2n) is 13.4. The quantitative estimate of drug-likeness (QED) is 0.179. The van der Waals surface area contributed by atoms with Crippen molar-refractivity contribution < 1.29 is 8.83 Å².